The summed E-state index contributed by atoms with van der Waals surface area (Å²) in [5.41, 5.74) is 0.967. The van der Waals surface area contributed by atoms with Gasteiger partial charge in [0.2, 0.25) is 5.88 Å². The van der Waals surface area contributed by atoms with Crippen molar-refractivity contribution < 1.29 is 4.74 Å². The Labute approximate surface area is 171 Å². The Hall–Kier alpha value is -2.54. The van der Waals surface area contributed by atoms with Crippen molar-refractivity contribution in [1.82, 2.24) is 20.6 Å². The van der Waals surface area contributed by atoms with Gasteiger partial charge in [0.1, 0.15) is 5.82 Å². The second-order valence-corrected chi connectivity index (χ2v) is 6.89. The molecule has 3 rings (SSSR count). The highest BCUT2D eigenvalue weighted by Crippen LogP contribution is 2.25. The van der Waals surface area contributed by atoms with Crippen molar-refractivity contribution >= 4 is 23.4 Å². The van der Waals surface area contributed by atoms with Gasteiger partial charge in [-0.15, -0.1) is 0 Å². The fourth-order valence-electron chi connectivity index (χ4n) is 3.17. The number of nitrogens with zero attached hydrogens (tertiary/aromatic N) is 4. The molecule has 8 heteroatoms. The maximum absolute atomic E-state index is 6.29. The number of aromatic nitrogens is 2. The standard InChI is InChI=1S/C20H27ClN6O/c1-3-22-20(25-13-15-7-5-11-24-19(15)28-4-2)26-16-9-12-27(14-16)18-17(21)8-6-10-23-18/h5-8,10-11,16H,3-4,9,12-14H2,1-2H3,(H2,22,25,26). The van der Waals surface area contributed by atoms with Crippen LogP contribution in [-0.2, 0) is 6.54 Å². The summed E-state index contributed by atoms with van der Waals surface area (Å²) in [6.07, 6.45) is 4.50. The number of anilines is 1. The van der Waals surface area contributed by atoms with Gasteiger partial charge in [-0.05, 0) is 38.5 Å². The van der Waals surface area contributed by atoms with Gasteiger partial charge in [-0.3, -0.25) is 0 Å². The topological polar surface area (TPSA) is 74.7 Å². The van der Waals surface area contributed by atoms with E-state index in [1.165, 1.54) is 0 Å². The molecular formula is C20H27ClN6O. The highest BCUT2D eigenvalue weighted by atomic mass is 35.5. The minimum absolute atomic E-state index is 0.274. The Morgan fingerprint density at radius 3 is 2.89 bits per heavy atom. The molecule has 3 heterocycles. The Morgan fingerprint density at radius 2 is 2.11 bits per heavy atom. The maximum Gasteiger partial charge on any atom is 0.218 e. The van der Waals surface area contributed by atoms with Crippen LogP contribution in [0.1, 0.15) is 25.8 Å². The number of hydrogen-bond donors (Lipinski definition) is 2. The summed E-state index contributed by atoms with van der Waals surface area (Å²) in [6.45, 7) is 7.62. The second-order valence-electron chi connectivity index (χ2n) is 6.48. The average Bonchev–Trinajstić information content (AvgIpc) is 3.16. The lowest BCUT2D eigenvalue weighted by Crippen LogP contribution is -2.44. The minimum Gasteiger partial charge on any atom is -0.478 e. The van der Waals surface area contributed by atoms with E-state index < -0.39 is 0 Å². The van der Waals surface area contributed by atoms with E-state index in [-0.39, 0.29) is 6.04 Å². The van der Waals surface area contributed by atoms with Crippen LogP contribution in [0.15, 0.2) is 41.7 Å². The third-order valence-corrected chi connectivity index (χ3v) is 4.75. The van der Waals surface area contributed by atoms with Crippen LogP contribution in [0.5, 0.6) is 5.88 Å². The maximum atomic E-state index is 6.29. The summed E-state index contributed by atoms with van der Waals surface area (Å²) in [5.74, 6) is 2.27. The number of halogens is 1. The molecule has 28 heavy (non-hydrogen) atoms. The normalized spacial score (nSPS) is 16.9. The van der Waals surface area contributed by atoms with Crippen molar-refractivity contribution in [2.75, 3.05) is 31.1 Å². The molecule has 1 saturated heterocycles. The van der Waals surface area contributed by atoms with Crippen LogP contribution in [0.25, 0.3) is 0 Å². The molecule has 0 aromatic carbocycles. The van der Waals surface area contributed by atoms with Crippen LogP contribution >= 0.6 is 11.6 Å². The summed E-state index contributed by atoms with van der Waals surface area (Å²) in [4.78, 5) is 15.6. The Kier molecular flexibility index (Phi) is 7.31. The lowest BCUT2D eigenvalue weighted by molar-refractivity contribution is 0.323. The summed E-state index contributed by atoms with van der Waals surface area (Å²) < 4.78 is 5.59. The number of hydrogen-bond acceptors (Lipinski definition) is 5. The first-order valence-corrected chi connectivity index (χ1v) is 10.1. The van der Waals surface area contributed by atoms with Crippen molar-refractivity contribution in [2.24, 2.45) is 4.99 Å². The van der Waals surface area contributed by atoms with Gasteiger partial charge in [0, 0.05) is 43.6 Å². The average molecular weight is 403 g/mol. The molecule has 0 aliphatic carbocycles. The molecular weight excluding hydrogens is 376 g/mol. The molecule has 1 fully saturated rings. The predicted octanol–water partition coefficient (Wildman–Crippen LogP) is 2.86. The quantitative estimate of drug-likeness (QED) is 0.548. The number of rotatable bonds is 7. The van der Waals surface area contributed by atoms with Gasteiger partial charge in [-0.1, -0.05) is 17.7 Å². The van der Waals surface area contributed by atoms with Gasteiger partial charge in [-0.2, -0.15) is 0 Å². The Morgan fingerprint density at radius 1 is 1.29 bits per heavy atom. The molecule has 2 aromatic rings. The van der Waals surface area contributed by atoms with E-state index in [9.17, 15) is 0 Å². The molecule has 0 spiro atoms. The fourth-order valence-corrected chi connectivity index (χ4v) is 3.41. The first kappa shape index (κ1) is 20.2. The highest BCUT2D eigenvalue weighted by molar-refractivity contribution is 6.32. The summed E-state index contributed by atoms with van der Waals surface area (Å²) in [5, 5.41) is 7.52. The first-order chi connectivity index (χ1) is 13.7. The van der Waals surface area contributed by atoms with Gasteiger partial charge in [0.05, 0.1) is 18.2 Å². The van der Waals surface area contributed by atoms with Crippen LogP contribution in [0.3, 0.4) is 0 Å². The van der Waals surface area contributed by atoms with Crippen molar-refractivity contribution in [3.8, 4) is 5.88 Å². The number of guanidine groups is 1. The number of nitrogens with one attached hydrogen (secondary N) is 2. The molecule has 0 amide bonds. The summed E-state index contributed by atoms with van der Waals surface area (Å²) in [6, 6.07) is 7.89. The summed E-state index contributed by atoms with van der Waals surface area (Å²) in [7, 11) is 0. The monoisotopic (exact) mass is 402 g/mol. The SMILES string of the molecule is CCNC(=NCc1cccnc1OCC)NC1CCN(c2ncccc2Cl)C1. The third-order valence-electron chi connectivity index (χ3n) is 4.45. The van der Waals surface area contributed by atoms with Crippen molar-refractivity contribution in [3.05, 3.63) is 47.2 Å². The number of ether oxygens (including phenoxy) is 1. The van der Waals surface area contributed by atoms with Crippen molar-refractivity contribution in [3.63, 3.8) is 0 Å². The molecule has 0 saturated carbocycles. The van der Waals surface area contributed by atoms with Gasteiger partial charge < -0.3 is 20.3 Å². The van der Waals surface area contributed by atoms with E-state index in [0.29, 0.717) is 24.1 Å². The van der Waals surface area contributed by atoms with Crippen LogP contribution in [0.4, 0.5) is 5.82 Å². The molecule has 1 atom stereocenters. The molecule has 1 aliphatic rings. The lowest BCUT2D eigenvalue weighted by Gasteiger charge is -2.20. The van der Waals surface area contributed by atoms with E-state index in [1.807, 2.05) is 31.2 Å². The third kappa shape index (κ3) is 5.25. The molecule has 1 unspecified atom stereocenters. The molecule has 2 aromatic heterocycles. The first-order valence-electron chi connectivity index (χ1n) is 9.68. The van der Waals surface area contributed by atoms with Crippen LogP contribution < -0.4 is 20.3 Å². The van der Waals surface area contributed by atoms with E-state index in [4.69, 9.17) is 21.3 Å². The van der Waals surface area contributed by atoms with E-state index in [1.54, 1.807) is 12.4 Å². The Bertz CT molecular complexity index is 800. The van der Waals surface area contributed by atoms with Gasteiger partial charge in [0.25, 0.3) is 0 Å². The molecule has 1 aliphatic heterocycles. The largest absolute Gasteiger partial charge is 0.478 e. The smallest absolute Gasteiger partial charge is 0.218 e. The van der Waals surface area contributed by atoms with Gasteiger partial charge in [0.15, 0.2) is 5.96 Å². The number of pyridine rings is 2. The molecule has 2 N–H and O–H groups in total. The van der Waals surface area contributed by atoms with Crippen molar-refractivity contribution in [2.45, 2.75) is 32.9 Å². The molecule has 0 radical (unpaired) electrons. The highest BCUT2D eigenvalue weighted by Gasteiger charge is 2.25. The van der Waals surface area contributed by atoms with E-state index in [0.717, 1.165) is 43.4 Å². The number of aliphatic imine (C=N–C) groups is 1. The molecule has 0 bridgehead atoms. The lowest BCUT2D eigenvalue weighted by atomic mass is 10.2. The molecule has 150 valence electrons. The van der Waals surface area contributed by atoms with Gasteiger partial charge in [-0.25, -0.2) is 15.0 Å². The van der Waals surface area contributed by atoms with Gasteiger partial charge >= 0.3 is 0 Å². The van der Waals surface area contributed by atoms with Crippen molar-refractivity contribution in [1.29, 1.82) is 0 Å². The fraction of sp³-hybridized carbons (Fsp3) is 0.450. The predicted molar refractivity (Wildman–Crippen MR) is 113 cm³/mol. The van der Waals surface area contributed by atoms with Crippen LogP contribution in [0, 0.1) is 0 Å². The zero-order valence-electron chi connectivity index (χ0n) is 16.4. The molecule has 7 nitrogen and oxygen atoms in total. The zero-order valence-corrected chi connectivity index (χ0v) is 17.1. The van der Waals surface area contributed by atoms with E-state index in [2.05, 4.69) is 32.4 Å². The van der Waals surface area contributed by atoms with Crippen LogP contribution in [0.2, 0.25) is 5.02 Å². The Balaban J connectivity index is 1.64. The zero-order chi connectivity index (χ0) is 19.8. The van der Waals surface area contributed by atoms with E-state index >= 15 is 0 Å². The van der Waals surface area contributed by atoms with Crippen LogP contribution in [-0.4, -0.2) is 48.2 Å². The minimum atomic E-state index is 0.274. The second kappa shape index (κ2) is 10.1. The summed E-state index contributed by atoms with van der Waals surface area (Å²) >= 11 is 6.29.